The topological polar surface area (TPSA) is 56.1 Å². The molecule has 5 heteroatoms. The van der Waals surface area contributed by atoms with Gasteiger partial charge in [0.1, 0.15) is 0 Å². The van der Waals surface area contributed by atoms with Crippen LogP contribution in [0.3, 0.4) is 0 Å². The summed E-state index contributed by atoms with van der Waals surface area (Å²) in [5.41, 5.74) is 2.58. The van der Waals surface area contributed by atoms with Gasteiger partial charge in [0.05, 0.1) is 6.61 Å². The number of rotatable bonds is 2. The minimum Gasteiger partial charge on any atom is -0.461 e. The van der Waals surface area contributed by atoms with Crippen LogP contribution in [0.15, 0.2) is 0 Å². The molecule has 88 valence electrons. The Labute approximate surface area is 94.8 Å². The Morgan fingerprint density at radius 3 is 3.12 bits per heavy atom. The van der Waals surface area contributed by atoms with Gasteiger partial charge >= 0.3 is 5.97 Å². The van der Waals surface area contributed by atoms with E-state index in [0.29, 0.717) is 24.8 Å². The Balaban J connectivity index is 2.41. The molecule has 0 radical (unpaired) electrons. The minimum absolute atomic E-state index is 0.324. The van der Waals surface area contributed by atoms with Gasteiger partial charge in [-0.05, 0) is 6.92 Å². The second-order valence-electron chi connectivity index (χ2n) is 4.09. The average molecular weight is 223 g/mol. The molecule has 0 saturated heterocycles. The maximum absolute atomic E-state index is 11.7. The lowest BCUT2D eigenvalue weighted by Crippen LogP contribution is -2.28. The van der Waals surface area contributed by atoms with Crippen molar-refractivity contribution < 1.29 is 9.53 Å². The van der Waals surface area contributed by atoms with E-state index in [1.165, 1.54) is 0 Å². The first-order chi connectivity index (χ1) is 7.65. The second-order valence-corrected chi connectivity index (χ2v) is 4.09. The van der Waals surface area contributed by atoms with Gasteiger partial charge in [0.15, 0.2) is 5.69 Å². The number of nitrogens with one attached hydrogen (secondary N) is 1. The maximum atomic E-state index is 11.7. The van der Waals surface area contributed by atoms with E-state index in [0.717, 1.165) is 17.8 Å². The molecule has 5 nitrogen and oxygen atoms in total. The summed E-state index contributed by atoms with van der Waals surface area (Å²) in [6.45, 7) is 5.93. The predicted molar refractivity (Wildman–Crippen MR) is 59.3 cm³/mol. The largest absolute Gasteiger partial charge is 0.461 e. The number of carbonyl (C=O) groups excluding carboxylic acids is 1. The Hall–Kier alpha value is -1.36. The summed E-state index contributed by atoms with van der Waals surface area (Å²) in [5.74, 6) is 0.0553. The third-order valence-corrected chi connectivity index (χ3v) is 2.88. The van der Waals surface area contributed by atoms with Gasteiger partial charge in [-0.3, -0.25) is 4.68 Å². The highest BCUT2D eigenvalue weighted by Gasteiger charge is 2.27. The van der Waals surface area contributed by atoms with E-state index in [1.807, 2.05) is 7.05 Å². The molecule has 0 aliphatic carbocycles. The molecule has 0 bridgehead atoms. The normalized spacial score (nSPS) is 19.3. The highest BCUT2D eigenvalue weighted by molar-refractivity contribution is 5.89. The van der Waals surface area contributed by atoms with E-state index in [9.17, 15) is 4.79 Å². The van der Waals surface area contributed by atoms with E-state index in [-0.39, 0.29) is 5.97 Å². The molecule has 1 aliphatic rings. The van der Waals surface area contributed by atoms with Crippen LogP contribution in [-0.2, 0) is 18.3 Å². The summed E-state index contributed by atoms with van der Waals surface area (Å²) in [6.07, 6.45) is 0. The number of ether oxygens (including phenoxy) is 1. The molecule has 1 aromatic rings. The molecule has 2 rings (SSSR count). The van der Waals surface area contributed by atoms with Crippen molar-refractivity contribution in [1.82, 2.24) is 15.1 Å². The molecule has 0 saturated carbocycles. The van der Waals surface area contributed by atoms with Gasteiger partial charge in [0.25, 0.3) is 0 Å². The van der Waals surface area contributed by atoms with Gasteiger partial charge in [0.2, 0.25) is 0 Å². The number of aryl methyl sites for hydroxylation is 1. The van der Waals surface area contributed by atoms with Gasteiger partial charge in [-0.15, -0.1) is 0 Å². The van der Waals surface area contributed by atoms with Gasteiger partial charge < -0.3 is 10.1 Å². The third kappa shape index (κ3) is 1.71. The lowest BCUT2D eigenvalue weighted by Gasteiger charge is -2.20. The van der Waals surface area contributed by atoms with Crippen molar-refractivity contribution in [3.8, 4) is 0 Å². The van der Waals surface area contributed by atoms with Crippen LogP contribution in [0.5, 0.6) is 0 Å². The number of carbonyl (C=O) groups is 1. The number of aromatic nitrogens is 2. The fraction of sp³-hybridized carbons (Fsp3) is 0.636. The molecule has 1 aliphatic heterocycles. The summed E-state index contributed by atoms with van der Waals surface area (Å²) in [4.78, 5) is 11.7. The van der Waals surface area contributed by atoms with E-state index in [4.69, 9.17) is 4.74 Å². The zero-order valence-corrected chi connectivity index (χ0v) is 9.91. The summed E-state index contributed by atoms with van der Waals surface area (Å²) >= 11 is 0. The van der Waals surface area contributed by atoms with Crippen molar-refractivity contribution in [2.75, 3.05) is 13.2 Å². The van der Waals surface area contributed by atoms with Crippen LogP contribution in [0.2, 0.25) is 0 Å². The quantitative estimate of drug-likeness (QED) is 0.754. The molecular weight excluding hydrogens is 206 g/mol. The fourth-order valence-corrected chi connectivity index (χ4v) is 2.25. The van der Waals surface area contributed by atoms with Crippen molar-refractivity contribution in [2.45, 2.75) is 26.3 Å². The zero-order valence-electron chi connectivity index (χ0n) is 9.91. The van der Waals surface area contributed by atoms with Crippen LogP contribution in [0, 0.1) is 0 Å². The van der Waals surface area contributed by atoms with Crippen LogP contribution >= 0.6 is 0 Å². The van der Waals surface area contributed by atoms with Gasteiger partial charge in [-0.1, -0.05) is 6.92 Å². The molecule has 0 aromatic carbocycles. The molecule has 1 aromatic heterocycles. The molecule has 0 amide bonds. The highest BCUT2D eigenvalue weighted by atomic mass is 16.5. The van der Waals surface area contributed by atoms with Crippen LogP contribution in [0.4, 0.5) is 0 Å². The number of hydrogen-bond acceptors (Lipinski definition) is 4. The third-order valence-electron chi connectivity index (χ3n) is 2.88. The van der Waals surface area contributed by atoms with Gasteiger partial charge in [0, 0.05) is 37.3 Å². The summed E-state index contributed by atoms with van der Waals surface area (Å²) in [7, 11) is 1.88. The SMILES string of the molecule is CCOC(=O)c1nn(C)c2c1CNC[C@H]2C. The van der Waals surface area contributed by atoms with Crippen molar-refractivity contribution >= 4 is 5.97 Å². The van der Waals surface area contributed by atoms with Crippen molar-refractivity contribution in [3.63, 3.8) is 0 Å². The van der Waals surface area contributed by atoms with Crippen molar-refractivity contribution in [3.05, 3.63) is 17.0 Å². The first-order valence-corrected chi connectivity index (χ1v) is 5.58. The average Bonchev–Trinajstić information content (AvgIpc) is 2.58. The molecule has 16 heavy (non-hydrogen) atoms. The van der Waals surface area contributed by atoms with E-state index < -0.39 is 0 Å². The predicted octanol–water partition coefficient (Wildman–Crippen LogP) is 0.804. The van der Waals surface area contributed by atoms with Crippen LogP contribution in [-0.4, -0.2) is 28.9 Å². The van der Waals surface area contributed by atoms with Crippen molar-refractivity contribution in [2.24, 2.45) is 7.05 Å². The molecule has 0 unspecified atom stereocenters. The molecule has 2 heterocycles. The maximum Gasteiger partial charge on any atom is 0.359 e. The Bertz CT molecular complexity index is 412. The summed E-state index contributed by atoms with van der Waals surface area (Å²) in [5, 5.41) is 7.54. The Morgan fingerprint density at radius 2 is 2.44 bits per heavy atom. The highest BCUT2D eigenvalue weighted by Crippen LogP contribution is 2.25. The fourth-order valence-electron chi connectivity index (χ4n) is 2.25. The molecule has 1 N–H and O–H groups in total. The molecular formula is C11H17N3O2. The standard InChI is InChI=1S/C11H17N3O2/c1-4-16-11(15)9-8-6-12-5-7(2)10(8)14(3)13-9/h7,12H,4-6H2,1-3H3/t7-/m1/s1. The van der Waals surface area contributed by atoms with E-state index >= 15 is 0 Å². The Morgan fingerprint density at radius 1 is 1.69 bits per heavy atom. The molecule has 1 atom stereocenters. The van der Waals surface area contributed by atoms with E-state index in [1.54, 1.807) is 11.6 Å². The second kappa shape index (κ2) is 4.25. The number of esters is 1. The zero-order chi connectivity index (χ0) is 11.7. The van der Waals surface area contributed by atoms with Crippen molar-refractivity contribution in [1.29, 1.82) is 0 Å². The monoisotopic (exact) mass is 223 g/mol. The smallest absolute Gasteiger partial charge is 0.359 e. The number of fused-ring (bicyclic) bond motifs is 1. The lowest BCUT2D eigenvalue weighted by atomic mass is 9.98. The number of hydrogen-bond donors (Lipinski definition) is 1. The molecule has 0 spiro atoms. The van der Waals surface area contributed by atoms with E-state index in [2.05, 4.69) is 17.3 Å². The van der Waals surface area contributed by atoms with Crippen LogP contribution < -0.4 is 5.32 Å². The van der Waals surface area contributed by atoms with Crippen LogP contribution in [0.25, 0.3) is 0 Å². The van der Waals surface area contributed by atoms with Crippen LogP contribution in [0.1, 0.15) is 41.5 Å². The Kier molecular flexibility index (Phi) is 2.96. The first-order valence-electron chi connectivity index (χ1n) is 5.58. The van der Waals surface area contributed by atoms with Gasteiger partial charge in [-0.25, -0.2) is 4.79 Å². The summed E-state index contributed by atoms with van der Waals surface area (Å²) in [6, 6.07) is 0. The lowest BCUT2D eigenvalue weighted by molar-refractivity contribution is 0.0517. The summed E-state index contributed by atoms with van der Waals surface area (Å²) < 4.78 is 6.80. The first kappa shape index (κ1) is 11.1. The van der Waals surface area contributed by atoms with Gasteiger partial charge in [-0.2, -0.15) is 5.10 Å². The minimum atomic E-state index is -0.324. The molecule has 0 fully saturated rings. The number of nitrogens with zero attached hydrogens (tertiary/aromatic N) is 2.